The number of carbonyl (C=O) groups is 3. The second kappa shape index (κ2) is 13.0. The Morgan fingerprint density at radius 3 is 1.79 bits per heavy atom. The molecule has 4 aromatic carbocycles. The van der Waals surface area contributed by atoms with E-state index in [0.29, 0.717) is 39.0 Å². The van der Waals surface area contributed by atoms with Gasteiger partial charge in [0.15, 0.2) is 0 Å². The lowest BCUT2D eigenvalue weighted by Crippen LogP contribution is -2.49. The Hall–Kier alpha value is -4.75. The van der Waals surface area contributed by atoms with Crippen LogP contribution in [-0.4, -0.2) is 70.7 Å². The summed E-state index contributed by atoms with van der Waals surface area (Å²) >= 11 is 0. The molecule has 246 valence electrons. The van der Waals surface area contributed by atoms with Crippen molar-refractivity contribution in [2.75, 3.05) is 26.2 Å². The van der Waals surface area contributed by atoms with Crippen LogP contribution in [0.5, 0.6) is 0 Å². The summed E-state index contributed by atoms with van der Waals surface area (Å²) in [4.78, 5) is 47.8. The lowest BCUT2D eigenvalue weighted by Gasteiger charge is -2.38. The molecule has 0 saturated carbocycles. The van der Waals surface area contributed by atoms with Crippen molar-refractivity contribution in [1.82, 2.24) is 14.7 Å². The second-order valence-electron chi connectivity index (χ2n) is 13.8. The molecule has 0 radical (unpaired) electrons. The number of hydrogen-bond acceptors (Lipinski definition) is 5. The van der Waals surface area contributed by atoms with E-state index < -0.39 is 17.0 Å². The van der Waals surface area contributed by atoms with Gasteiger partial charge in [-0.1, -0.05) is 135 Å². The van der Waals surface area contributed by atoms with Crippen molar-refractivity contribution >= 4 is 17.8 Å². The first kappa shape index (κ1) is 31.8. The molecule has 0 N–H and O–H groups in total. The fourth-order valence-electron chi connectivity index (χ4n) is 8.09. The number of ether oxygens (including phenoxy) is 1. The number of nitrogens with zero attached hydrogens (tertiary/aromatic N) is 3. The molecule has 7 rings (SSSR count). The number of esters is 1. The van der Waals surface area contributed by atoms with Crippen molar-refractivity contribution in [3.8, 4) is 0 Å². The molecule has 3 heterocycles. The second-order valence-corrected chi connectivity index (χ2v) is 13.8. The highest BCUT2D eigenvalue weighted by Crippen LogP contribution is 2.49. The predicted octanol–water partition coefficient (Wildman–Crippen LogP) is 5.88. The summed E-state index contributed by atoms with van der Waals surface area (Å²) in [6.07, 6.45) is 1.23. The number of rotatable bonds is 10. The third kappa shape index (κ3) is 5.60. The predicted molar refractivity (Wildman–Crippen MR) is 185 cm³/mol. The van der Waals surface area contributed by atoms with Gasteiger partial charge >= 0.3 is 5.97 Å². The quantitative estimate of drug-likeness (QED) is 0.123. The third-order valence-corrected chi connectivity index (χ3v) is 10.5. The zero-order valence-corrected chi connectivity index (χ0v) is 27.7. The van der Waals surface area contributed by atoms with Gasteiger partial charge in [-0.25, -0.2) is 4.79 Å². The highest BCUT2D eigenvalue weighted by Gasteiger charge is 2.60. The van der Waals surface area contributed by atoms with Crippen LogP contribution in [0.1, 0.15) is 48.9 Å². The van der Waals surface area contributed by atoms with E-state index in [4.69, 9.17) is 4.74 Å². The summed E-state index contributed by atoms with van der Waals surface area (Å²) in [5, 5.41) is 0. The number of likely N-dealkylation sites (tertiary alicyclic amines) is 2. The summed E-state index contributed by atoms with van der Waals surface area (Å²) < 4.78 is 5.71. The van der Waals surface area contributed by atoms with E-state index in [1.165, 1.54) is 0 Å². The van der Waals surface area contributed by atoms with Gasteiger partial charge in [-0.05, 0) is 41.0 Å². The molecule has 48 heavy (non-hydrogen) atoms. The molecule has 0 bridgehead atoms. The zero-order valence-electron chi connectivity index (χ0n) is 27.7. The van der Waals surface area contributed by atoms with E-state index in [1.54, 1.807) is 4.90 Å². The minimum atomic E-state index is -0.669. The van der Waals surface area contributed by atoms with E-state index in [0.717, 1.165) is 22.3 Å². The molecule has 4 aromatic rings. The Morgan fingerprint density at radius 1 is 0.771 bits per heavy atom. The highest BCUT2D eigenvalue weighted by molar-refractivity contribution is 5.92. The van der Waals surface area contributed by atoms with Crippen LogP contribution in [0.25, 0.3) is 0 Å². The maximum absolute atomic E-state index is 14.3. The number of benzene rings is 4. The van der Waals surface area contributed by atoms with Crippen LogP contribution >= 0.6 is 0 Å². The van der Waals surface area contributed by atoms with Crippen molar-refractivity contribution < 1.29 is 19.1 Å². The minimum Gasteiger partial charge on any atom is -0.459 e. The van der Waals surface area contributed by atoms with Gasteiger partial charge in [0.1, 0.15) is 18.7 Å². The molecule has 1 spiro atoms. The smallest absolute Gasteiger partial charge is 0.329 e. The maximum Gasteiger partial charge on any atom is 0.329 e. The van der Waals surface area contributed by atoms with Crippen molar-refractivity contribution in [3.05, 3.63) is 144 Å². The SMILES string of the molecule is CC(C)[C@@H](C(=O)OCc1ccccc1)N1CC[C@]2(CCN(C(=O)C3C[N@@]3C(c3ccccc3)(c3ccccc3)c3ccccc3)C2)C1=O. The summed E-state index contributed by atoms with van der Waals surface area (Å²) in [7, 11) is 0. The monoisotopic (exact) mass is 641 g/mol. The number of hydrogen-bond donors (Lipinski definition) is 0. The first-order chi connectivity index (χ1) is 23.3. The average Bonchev–Trinajstić information content (AvgIpc) is 3.70. The van der Waals surface area contributed by atoms with Gasteiger partial charge < -0.3 is 14.5 Å². The summed E-state index contributed by atoms with van der Waals surface area (Å²) in [6.45, 7) is 6.09. The Balaban J connectivity index is 1.10. The maximum atomic E-state index is 14.3. The Kier molecular flexibility index (Phi) is 8.65. The molecule has 1 unspecified atom stereocenters. The van der Waals surface area contributed by atoms with Crippen LogP contribution in [0.3, 0.4) is 0 Å². The zero-order chi connectivity index (χ0) is 33.3. The van der Waals surface area contributed by atoms with Crippen LogP contribution in [0, 0.1) is 11.3 Å². The molecule has 2 amide bonds. The van der Waals surface area contributed by atoms with E-state index in [9.17, 15) is 14.4 Å². The van der Waals surface area contributed by atoms with Crippen LogP contribution in [0.2, 0.25) is 0 Å². The Labute approximate surface area is 283 Å². The van der Waals surface area contributed by atoms with Crippen LogP contribution in [-0.2, 0) is 31.3 Å². The first-order valence-corrected chi connectivity index (χ1v) is 17.1. The molecule has 3 fully saturated rings. The van der Waals surface area contributed by atoms with E-state index in [2.05, 4.69) is 77.7 Å². The molecule has 4 atom stereocenters. The van der Waals surface area contributed by atoms with Crippen LogP contribution in [0.15, 0.2) is 121 Å². The molecule has 3 aliphatic rings. The standard InChI is InChI=1S/C41H43N3O4/c1-30(2)36(38(46)48-28-31-15-7-3-8-16-31)43-26-24-40(39(43)47)23-25-42(29-40)37(45)35-27-44(35)41(32-17-9-4-10-18-32,33-19-11-5-12-20-33)34-21-13-6-14-22-34/h3-22,30,35-36H,23-29H2,1-2H3/t35?,36-,40-,44+/m0/s1. The largest absolute Gasteiger partial charge is 0.459 e. The number of carbonyl (C=O) groups excluding carboxylic acids is 3. The van der Waals surface area contributed by atoms with Crippen molar-refractivity contribution in [3.63, 3.8) is 0 Å². The van der Waals surface area contributed by atoms with Gasteiger partial charge in [0.05, 0.1) is 11.0 Å². The van der Waals surface area contributed by atoms with E-state index in [1.807, 2.05) is 67.3 Å². The Bertz CT molecular complexity index is 1650. The molecular formula is C41H43N3O4. The lowest BCUT2D eigenvalue weighted by molar-refractivity contribution is -0.158. The normalized spacial score (nSPS) is 22.7. The first-order valence-electron chi connectivity index (χ1n) is 17.1. The van der Waals surface area contributed by atoms with Crippen molar-refractivity contribution in [1.29, 1.82) is 0 Å². The van der Waals surface area contributed by atoms with Crippen molar-refractivity contribution in [2.24, 2.45) is 11.3 Å². The topological polar surface area (TPSA) is 69.9 Å². The molecule has 7 heteroatoms. The van der Waals surface area contributed by atoms with Gasteiger partial charge in [0.2, 0.25) is 11.8 Å². The highest BCUT2D eigenvalue weighted by atomic mass is 16.5. The summed E-state index contributed by atoms with van der Waals surface area (Å²) in [6, 6.07) is 39.9. The van der Waals surface area contributed by atoms with Crippen LogP contribution < -0.4 is 0 Å². The Morgan fingerprint density at radius 2 is 1.27 bits per heavy atom. The summed E-state index contributed by atoms with van der Waals surface area (Å²) in [5.74, 6) is -0.451. The molecule has 3 aliphatic heterocycles. The molecule has 0 aromatic heterocycles. The lowest BCUT2D eigenvalue weighted by atomic mass is 9.76. The fraction of sp³-hybridized carbons (Fsp3) is 0.341. The van der Waals surface area contributed by atoms with Gasteiger partial charge in [-0.2, -0.15) is 0 Å². The van der Waals surface area contributed by atoms with Crippen molar-refractivity contribution in [2.45, 2.75) is 50.9 Å². The van der Waals surface area contributed by atoms with Gasteiger partial charge in [-0.15, -0.1) is 0 Å². The van der Waals surface area contributed by atoms with E-state index in [-0.39, 0.29) is 36.4 Å². The summed E-state index contributed by atoms with van der Waals surface area (Å²) in [5.41, 5.74) is 2.92. The molecular weight excluding hydrogens is 598 g/mol. The van der Waals surface area contributed by atoms with Gasteiger partial charge in [0, 0.05) is 26.2 Å². The van der Waals surface area contributed by atoms with Gasteiger partial charge in [-0.3, -0.25) is 14.5 Å². The molecule has 7 nitrogen and oxygen atoms in total. The molecule has 0 aliphatic carbocycles. The van der Waals surface area contributed by atoms with E-state index >= 15 is 0 Å². The molecule has 3 saturated heterocycles. The minimum absolute atomic E-state index is 0.0342. The third-order valence-electron chi connectivity index (χ3n) is 10.5. The fourth-order valence-corrected chi connectivity index (χ4v) is 8.09. The van der Waals surface area contributed by atoms with Gasteiger partial charge in [0.25, 0.3) is 0 Å². The average molecular weight is 642 g/mol. The van der Waals surface area contributed by atoms with Crippen LogP contribution in [0.4, 0.5) is 0 Å². The number of amides is 2.